The molecule has 0 heterocycles. The van der Waals surface area contributed by atoms with E-state index in [4.69, 9.17) is 10.00 Å². The molecule has 138 valence electrons. The van der Waals surface area contributed by atoms with Crippen LogP contribution in [0.1, 0.15) is 83.1 Å². The Morgan fingerprint density at radius 1 is 1.04 bits per heavy atom. The molecule has 2 rings (SSSR count). The zero-order chi connectivity index (χ0) is 17.9. The first-order valence-electron chi connectivity index (χ1n) is 10.1. The molecule has 0 unspecified atom stereocenters. The maximum atomic E-state index is 13.6. The van der Waals surface area contributed by atoms with Gasteiger partial charge < -0.3 is 4.74 Å². The lowest BCUT2D eigenvalue weighted by Crippen LogP contribution is -2.20. The van der Waals surface area contributed by atoms with Crippen LogP contribution in [0.15, 0.2) is 18.2 Å². The molecule has 0 amide bonds. The SMILES string of the molecule is CCCCCCCC[C@H]1CC[C@H](COc2ccc(C#N)c(F)c2)CC1. The number of unbranched alkanes of at least 4 members (excludes halogenated alkanes) is 5. The minimum absolute atomic E-state index is 0.0718. The van der Waals surface area contributed by atoms with Gasteiger partial charge in [-0.2, -0.15) is 5.26 Å². The van der Waals surface area contributed by atoms with Gasteiger partial charge in [-0.25, -0.2) is 4.39 Å². The number of hydrogen-bond acceptors (Lipinski definition) is 2. The Labute approximate surface area is 152 Å². The predicted octanol–water partition coefficient (Wildman–Crippen LogP) is 6.63. The molecule has 0 spiro atoms. The standard InChI is InChI=1S/C22H32FNO/c1-2-3-4-5-6-7-8-18-9-11-19(12-10-18)17-25-21-14-13-20(16-24)22(23)15-21/h13-15,18-19H,2-12,17H2,1H3/t18-,19-. The molecule has 2 nitrogen and oxygen atoms in total. The van der Waals surface area contributed by atoms with Crippen LogP contribution in [-0.4, -0.2) is 6.61 Å². The van der Waals surface area contributed by atoms with Crippen LogP contribution in [0.5, 0.6) is 5.75 Å². The van der Waals surface area contributed by atoms with E-state index in [-0.39, 0.29) is 5.56 Å². The summed E-state index contributed by atoms with van der Waals surface area (Å²) in [5, 5.41) is 8.75. The second kappa shape index (κ2) is 11.1. The predicted molar refractivity (Wildman–Crippen MR) is 100 cm³/mol. The van der Waals surface area contributed by atoms with Gasteiger partial charge in [-0.05, 0) is 36.8 Å². The highest BCUT2D eigenvalue weighted by molar-refractivity contribution is 5.36. The number of rotatable bonds is 10. The first kappa shape index (κ1) is 19.8. The molecule has 1 aliphatic carbocycles. The zero-order valence-corrected chi connectivity index (χ0v) is 15.6. The van der Waals surface area contributed by atoms with E-state index >= 15 is 0 Å². The average molecular weight is 346 g/mol. The number of nitriles is 1. The van der Waals surface area contributed by atoms with Crippen LogP contribution in [0.4, 0.5) is 4.39 Å². The third-order valence-electron chi connectivity index (χ3n) is 5.48. The van der Waals surface area contributed by atoms with Crippen LogP contribution in [0.25, 0.3) is 0 Å². The van der Waals surface area contributed by atoms with E-state index in [0.29, 0.717) is 18.3 Å². The van der Waals surface area contributed by atoms with Crippen molar-refractivity contribution in [1.29, 1.82) is 5.26 Å². The van der Waals surface area contributed by atoms with Crippen LogP contribution in [-0.2, 0) is 0 Å². The van der Waals surface area contributed by atoms with Crippen molar-refractivity contribution >= 4 is 0 Å². The molecule has 3 heteroatoms. The fraction of sp³-hybridized carbons (Fsp3) is 0.682. The Balaban J connectivity index is 1.59. The maximum absolute atomic E-state index is 13.6. The van der Waals surface area contributed by atoms with Gasteiger partial charge in [0.15, 0.2) is 0 Å². The fourth-order valence-corrected chi connectivity index (χ4v) is 3.79. The maximum Gasteiger partial charge on any atom is 0.144 e. The number of nitrogens with zero attached hydrogens (tertiary/aromatic N) is 1. The average Bonchev–Trinajstić information content (AvgIpc) is 2.64. The molecule has 1 saturated carbocycles. The summed E-state index contributed by atoms with van der Waals surface area (Å²) in [5.74, 6) is 1.52. The minimum Gasteiger partial charge on any atom is -0.493 e. The summed E-state index contributed by atoms with van der Waals surface area (Å²) in [4.78, 5) is 0. The van der Waals surface area contributed by atoms with Gasteiger partial charge in [0.2, 0.25) is 0 Å². The third kappa shape index (κ3) is 7.06. The largest absolute Gasteiger partial charge is 0.493 e. The molecular formula is C22H32FNO. The second-order valence-corrected chi connectivity index (χ2v) is 7.51. The van der Waals surface area contributed by atoms with Crippen molar-refractivity contribution in [2.75, 3.05) is 6.61 Å². The van der Waals surface area contributed by atoms with E-state index in [1.807, 2.05) is 6.07 Å². The third-order valence-corrected chi connectivity index (χ3v) is 5.48. The van der Waals surface area contributed by atoms with Crippen molar-refractivity contribution in [3.05, 3.63) is 29.6 Å². The topological polar surface area (TPSA) is 33.0 Å². The molecule has 1 aromatic carbocycles. The van der Waals surface area contributed by atoms with Gasteiger partial charge in [-0.1, -0.05) is 64.7 Å². The van der Waals surface area contributed by atoms with Crippen molar-refractivity contribution < 1.29 is 9.13 Å². The van der Waals surface area contributed by atoms with Crippen LogP contribution in [0.3, 0.4) is 0 Å². The van der Waals surface area contributed by atoms with E-state index < -0.39 is 5.82 Å². The van der Waals surface area contributed by atoms with Gasteiger partial charge in [0.05, 0.1) is 12.2 Å². The first-order valence-corrected chi connectivity index (χ1v) is 10.1. The summed E-state index contributed by atoms with van der Waals surface area (Å²) in [6.07, 6.45) is 14.7. The van der Waals surface area contributed by atoms with Crippen molar-refractivity contribution in [3.63, 3.8) is 0 Å². The molecule has 0 N–H and O–H groups in total. The molecule has 25 heavy (non-hydrogen) atoms. The summed E-state index contributed by atoms with van der Waals surface area (Å²) >= 11 is 0. The normalized spacial score (nSPS) is 20.2. The Kier molecular flexibility index (Phi) is 8.80. The highest BCUT2D eigenvalue weighted by Gasteiger charge is 2.21. The lowest BCUT2D eigenvalue weighted by Gasteiger charge is -2.28. The van der Waals surface area contributed by atoms with Gasteiger partial charge in [-0.15, -0.1) is 0 Å². The Bertz CT molecular complexity index is 543. The molecule has 1 aromatic rings. The van der Waals surface area contributed by atoms with Gasteiger partial charge in [0, 0.05) is 6.07 Å². The summed E-state index contributed by atoms with van der Waals surface area (Å²) < 4.78 is 19.3. The molecule has 1 aliphatic rings. The van der Waals surface area contributed by atoms with E-state index in [1.165, 1.54) is 82.8 Å². The number of halogens is 1. The van der Waals surface area contributed by atoms with Crippen molar-refractivity contribution in [1.82, 2.24) is 0 Å². The summed E-state index contributed by atoms with van der Waals surface area (Å²) in [6.45, 7) is 2.93. The van der Waals surface area contributed by atoms with Gasteiger partial charge >= 0.3 is 0 Å². The van der Waals surface area contributed by atoms with Gasteiger partial charge in [0.25, 0.3) is 0 Å². The summed E-state index contributed by atoms with van der Waals surface area (Å²) in [7, 11) is 0. The van der Waals surface area contributed by atoms with E-state index in [9.17, 15) is 4.39 Å². The van der Waals surface area contributed by atoms with Gasteiger partial charge in [-0.3, -0.25) is 0 Å². The highest BCUT2D eigenvalue weighted by atomic mass is 19.1. The highest BCUT2D eigenvalue weighted by Crippen LogP contribution is 2.32. The zero-order valence-electron chi connectivity index (χ0n) is 15.6. The van der Waals surface area contributed by atoms with Crippen LogP contribution < -0.4 is 4.74 Å². The monoisotopic (exact) mass is 345 g/mol. The molecule has 0 radical (unpaired) electrons. The molecule has 1 fully saturated rings. The molecule has 0 bridgehead atoms. The molecule has 0 aliphatic heterocycles. The summed E-state index contributed by atoms with van der Waals surface area (Å²) in [6, 6.07) is 6.33. The van der Waals surface area contributed by atoms with E-state index in [1.54, 1.807) is 6.07 Å². The lowest BCUT2D eigenvalue weighted by atomic mass is 9.80. The fourth-order valence-electron chi connectivity index (χ4n) is 3.79. The van der Waals surface area contributed by atoms with E-state index in [2.05, 4.69) is 6.92 Å². The van der Waals surface area contributed by atoms with Crippen LogP contribution in [0, 0.1) is 29.0 Å². The number of hydrogen-bond donors (Lipinski definition) is 0. The Hall–Kier alpha value is -1.56. The Morgan fingerprint density at radius 2 is 1.72 bits per heavy atom. The van der Waals surface area contributed by atoms with Crippen LogP contribution in [0.2, 0.25) is 0 Å². The van der Waals surface area contributed by atoms with E-state index in [0.717, 1.165) is 5.92 Å². The van der Waals surface area contributed by atoms with Crippen molar-refractivity contribution in [2.45, 2.75) is 77.6 Å². The quantitative estimate of drug-likeness (QED) is 0.446. The Morgan fingerprint density at radius 3 is 2.40 bits per heavy atom. The first-order chi connectivity index (χ1) is 12.2. The number of benzene rings is 1. The molecule has 0 saturated heterocycles. The summed E-state index contributed by atoms with van der Waals surface area (Å²) in [5.41, 5.74) is 0.0718. The number of ether oxygens (including phenoxy) is 1. The van der Waals surface area contributed by atoms with Crippen molar-refractivity contribution in [2.24, 2.45) is 11.8 Å². The van der Waals surface area contributed by atoms with Crippen molar-refractivity contribution in [3.8, 4) is 11.8 Å². The van der Waals surface area contributed by atoms with Gasteiger partial charge in [0.1, 0.15) is 17.6 Å². The lowest BCUT2D eigenvalue weighted by molar-refractivity contribution is 0.177. The second-order valence-electron chi connectivity index (χ2n) is 7.51. The molecular weight excluding hydrogens is 313 g/mol. The smallest absolute Gasteiger partial charge is 0.144 e. The van der Waals surface area contributed by atoms with Crippen LogP contribution >= 0.6 is 0 Å². The molecule has 0 atom stereocenters. The molecule has 0 aromatic heterocycles. The minimum atomic E-state index is -0.498.